The van der Waals surface area contributed by atoms with Gasteiger partial charge in [0, 0.05) is 18.5 Å². The molecule has 2 aromatic carbocycles. The molecule has 3 aromatic rings. The third-order valence-corrected chi connectivity index (χ3v) is 6.53. The van der Waals surface area contributed by atoms with Crippen LogP contribution >= 0.6 is 11.6 Å². The summed E-state index contributed by atoms with van der Waals surface area (Å²) in [4.78, 5) is 17.7. The van der Waals surface area contributed by atoms with E-state index >= 15 is 0 Å². The minimum absolute atomic E-state index is 0.00420. The lowest BCUT2D eigenvalue weighted by atomic mass is 9.79. The highest BCUT2D eigenvalue weighted by Gasteiger charge is 2.42. The van der Waals surface area contributed by atoms with Crippen molar-refractivity contribution in [3.63, 3.8) is 0 Å². The topological polar surface area (TPSA) is 62.2 Å². The number of aliphatic hydroxyl groups is 1. The molecular formula is C26H23ClF4N2O2. The van der Waals surface area contributed by atoms with Gasteiger partial charge < -0.3 is 10.4 Å². The average Bonchev–Trinajstić information content (AvgIpc) is 3.25. The van der Waals surface area contributed by atoms with E-state index in [-0.39, 0.29) is 24.1 Å². The molecule has 0 aliphatic heterocycles. The summed E-state index contributed by atoms with van der Waals surface area (Å²) in [5.41, 5.74) is -2.02. The minimum atomic E-state index is -4.80. The van der Waals surface area contributed by atoms with E-state index < -0.39 is 41.0 Å². The first-order valence-electron chi connectivity index (χ1n) is 11.1. The number of nitrogens with one attached hydrogen (secondary N) is 1. The zero-order chi connectivity index (χ0) is 25.2. The van der Waals surface area contributed by atoms with Gasteiger partial charge in [0.25, 0.3) is 0 Å². The molecule has 1 fully saturated rings. The highest BCUT2D eigenvalue weighted by molar-refractivity contribution is 6.30. The number of benzene rings is 2. The van der Waals surface area contributed by atoms with Crippen LogP contribution in [0.1, 0.15) is 41.6 Å². The number of hydrogen-bond donors (Lipinski definition) is 2. The molecule has 1 aliphatic rings. The Labute approximate surface area is 205 Å². The zero-order valence-corrected chi connectivity index (χ0v) is 19.3. The van der Waals surface area contributed by atoms with Gasteiger partial charge in [0.05, 0.1) is 22.4 Å². The van der Waals surface area contributed by atoms with Gasteiger partial charge in [0.15, 0.2) is 0 Å². The summed E-state index contributed by atoms with van der Waals surface area (Å²) in [6.07, 6.45) is -2.99. The monoisotopic (exact) mass is 506 g/mol. The number of amides is 1. The minimum Gasteiger partial charge on any atom is -0.393 e. The summed E-state index contributed by atoms with van der Waals surface area (Å²) in [6, 6.07) is 14.1. The molecule has 0 bridgehead atoms. The first kappa shape index (κ1) is 25.1. The molecule has 3 atom stereocenters. The number of pyridine rings is 1. The second-order valence-corrected chi connectivity index (χ2v) is 9.25. The van der Waals surface area contributed by atoms with Crippen molar-refractivity contribution in [2.24, 2.45) is 5.92 Å². The molecule has 2 unspecified atom stereocenters. The van der Waals surface area contributed by atoms with Crippen LogP contribution in [-0.2, 0) is 22.9 Å². The Bertz CT molecular complexity index is 1190. The lowest BCUT2D eigenvalue weighted by Gasteiger charge is -2.36. The Kier molecular flexibility index (Phi) is 7.15. The van der Waals surface area contributed by atoms with E-state index in [4.69, 9.17) is 11.6 Å². The van der Waals surface area contributed by atoms with Crippen LogP contribution in [0.2, 0.25) is 5.02 Å². The second kappa shape index (κ2) is 9.95. The van der Waals surface area contributed by atoms with Gasteiger partial charge in [-0.2, -0.15) is 13.2 Å². The summed E-state index contributed by atoms with van der Waals surface area (Å²) in [6.45, 7) is 0. The third kappa shape index (κ3) is 5.65. The number of hydrogen-bond acceptors (Lipinski definition) is 3. The predicted octanol–water partition coefficient (Wildman–Crippen LogP) is 5.66. The van der Waals surface area contributed by atoms with Gasteiger partial charge in [-0.05, 0) is 60.7 Å². The van der Waals surface area contributed by atoms with Crippen LogP contribution in [0.3, 0.4) is 0 Å². The second-order valence-electron chi connectivity index (χ2n) is 8.81. The van der Waals surface area contributed by atoms with Crippen molar-refractivity contribution in [1.29, 1.82) is 0 Å². The van der Waals surface area contributed by atoms with E-state index in [1.165, 1.54) is 18.3 Å². The van der Waals surface area contributed by atoms with E-state index in [9.17, 15) is 27.5 Å². The van der Waals surface area contributed by atoms with Crippen molar-refractivity contribution < 1.29 is 27.5 Å². The van der Waals surface area contributed by atoms with Gasteiger partial charge in [0.1, 0.15) is 11.4 Å². The summed E-state index contributed by atoms with van der Waals surface area (Å²) in [5, 5.41) is 13.1. The molecule has 35 heavy (non-hydrogen) atoms. The van der Waals surface area contributed by atoms with Crippen molar-refractivity contribution in [2.45, 2.75) is 43.5 Å². The maximum absolute atomic E-state index is 14.6. The summed E-state index contributed by atoms with van der Waals surface area (Å²) in [5.74, 6) is -2.08. The number of carbonyl (C=O) groups excluding carboxylic acids is 1. The van der Waals surface area contributed by atoms with E-state index in [0.717, 1.165) is 12.1 Å². The number of aliphatic hydroxyl groups excluding tert-OH is 1. The normalized spacial score (nSPS) is 19.8. The van der Waals surface area contributed by atoms with Crippen LogP contribution in [0, 0.1) is 11.7 Å². The molecule has 1 aliphatic carbocycles. The van der Waals surface area contributed by atoms with Crippen molar-refractivity contribution in [3.8, 4) is 0 Å². The number of alkyl halides is 3. The predicted molar refractivity (Wildman–Crippen MR) is 123 cm³/mol. The first-order valence-corrected chi connectivity index (χ1v) is 11.5. The maximum Gasteiger partial charge on any atom is 0.416 e. The molecule has 1 aromatic heterocycles. The number of halogens is 5. The number of carbonyl (C=O) groups is 1. The van der Waals surface area contributed by atoms with E-state index in [1.807, 2.05) is 0 Å². The van der Waals surface area contributed by atoms with Crippen LogP contribution in [0.15, 0.2) is 66.9 Å². The molecule has 2 N–H and O–H groups in total. The highest BCUT2D eigenvalue weighted by atomic mass is 35.5. The van der Waals surface area contributed by atoms with Crippen LogP contribution in [-0.4, -0.2) is 22.1 Å². The largest absolute Gasteiger partial charge is 0.416 e. The molecule has 9 heteroatoms. The average molecular weight is 507 g/mol. The Hall–Kier alpha value is -2.97. The standard InChI is InChI=1S/C26H23ClF4N2O2/c27-20-7-9-23(32-15-20)25(14-16-4-2-1-3-5-16,33-24(35)17-6-8-22(34)10-17)18-11-19(26(29,30)31)13-21(28)12-18/h1-5,7,9,11-13,15,17,22,34H,6,8,10,14H2,(H,33,35)/t17?,22?,25-/m0/s1. The fraction of sp³-hybridized carbons (Fsp3) is 0.308. The van der Waals surface area contributed by atoms with Crippen LogP contribution in [0.25, 0.3) is 0 Å². The molecular weight excluding hydrogens is 484 g/mol. The van der Waals surface area contributed by atoms with Gasteiger partial charge in [-0.3, -0.25) is 9.78 Å². The molecule has 184 valence electrons. The van der Waals surface area contributed by atoms with Gasteiger partial charge >= 0.3 is 6.18 Å². The maximum atomic E-state index is 14.6. The Balaban J connectivity index is 1.93. The molecule has 4 nitrogen and oxygen atoms in total. The molecule has 4 rings (SSSR count). The van der Waals surface area contributed by atoms with E-state index in [2.05, 4.69) is 10.3 Å². The lowest BCUT2D eigenvalue weighted by Crippen LogP contribution is -2.51. The smallest absolute Gasteiger partial charge is 0.393 e. The highest BCUT2D eigenvalue weighted by Crippen LogP contribution is 2.38. The number of nitrogens with zero attached hydrogens (tertiary/aromatic N) is 1. The molecule has 0 saturated heterocycles. The van der Waals surface area contributed by atoms with E-state index in [0.29, 0.717) is 29.5 Å². The Morgan fingerprint density at radius 1 is 1.06 bits per heavy atom. The van der Waals surface area contributed by atoms with Gasteiger partial charge in [-0.25, -0.2) is 4.39 Å². The van der Waals surface area contributed by atoms with Crippen LogP contribution in [0.5, 0.6) is 0 Å². The third-order valence-electron chi connectivity index (χ3n) is 6.31. The SMILES string of the molecule is O=C(N[C@@](Cc1ccccc1)(c1cc(F)cc(C(F)(F)F)c1)c1ccc(Cl)cn1)C1CCC(O)C1. The quantitative estimate of drug-likeness (QED) is 0.424. The summed E-state index contributed by atoms with van der Waals surface area (Å²) in [7, 11) is 0. The van der Waals surface area contributed by atoms with Crippen LogP contribution in [0.4, 0.5) is 17.6 Å². The zero-order valence-electron chi connectivity index (χ0n) is 18.5. The number of rotatable bonds is 6. The number of aromatic nitrogens is 1. The first-order chi connectivity index (χ1) is 16.6. The van der Waals surface area contributed by atoms with Crippen molar-refractivity contribution in [1.82, 2.24) is 10.3 Å². The Morgan fingerprint density at radius 2 is 1.77 bits per heavy atom. The van der Waals surface area contributed by atoms with Crippen LogP contribution < -0.4 is 5.32 Å². The van der Waals surface area contributed by atoms with Gasteiger partial charge in [-0.1, -0.05) is 41.9 Å². The van der Waals surface area contributed by atoms with Gasteiger partial charge in [-0.15, -0.1) is 0 Å². The summed E-state index contributed by atoms with van der Waals surface area (Å²) < 4.78 is 55.6. The molecule has 0 radical (unpaired) electrons. The lowest BCUT2D eigenvalue weighted by molar-refractivity contribution is -0.137. The molecule has 1 amide bonds. The molecule has 0 spiro atoms. The molecule has 1 saturated carbocycles. The fourth-order valence-electron chi connectivity index (χ4n) is 4.56. The Morgan fingerprint density at radius 3 is 2.37 bits per heavy atom. The van der Waals surface area contributed by atoms with Crippen molar-refractivity contribution in [2.75, 3.05) is 0 Å². The van der Waals surface area contributed by atoms with Crippen molar-refractivity contribution >= 4 is 17.5 Å². The van der Waals surface area contributed by atoms with E-state index in [1.54, 1.807) is 30.3 Å². The summed E-state index contributed by atoms with van der Waals surface area (Å²) >= 11 is 6.02. The van der Waals surface area contributed by atoms with Gasteiger partial charge in [0.2, 0.25) is 5.91 Å². The van der Waals surface area contributed by atoms with Crippen molar-refractivity contribution in [3.05, 3.63) is 100 Å². The fourth-order valence-corrected chi connectivity index (χ4v) is 4.67. The molecule has 1 heterocycles.